The van der Waals surface area contributed by atoms with E-state index in [4.69, 9.17) is 0 Å². The van der Waals surface area contributed by atoms with Crippen LogP contribution in [0.5, 0.6) is 0 Å². The summed E-state index contributed by atoms with van der Waals surface area (Å²) in [6.45, 7) is 4.24. The second kappa shape index (κ2) is 6.52. The number of nitrogens with zero attached hydrogens (tertiary/aromatic N) is 4. The maximum absolute atomic E-state index is 13.7. The number of rotatable bonds is 2. The fourth-order valence-electron chi connectivity index (χ4n) is 5.02. The Morgan fingerprint density at radius 3 is 2.73 bits per heavy atom. The standard InChI is InChI=1S/C23H23N5O2/c1-14-8-9-17(15(2)25-14)21(29)28-11-10-23(20(28)16-12-24-27(3)13-16)18-6-4-5-7-19(18)26-22(23)30/h4-9,12-13,20H,10-11H2,1-3H3,(H,26,30)/t20-,23+/m0/s1. The van der Waals surface area contributed by atoms with Gasteiger partial charge in [-0.1, -0.05) is 18.2 Å². The highest BCUT2D eigenvalue weighted by atomic mass is 16.2. The lowest BCUT2D eigenvalue weighted by Gasteiger charge is -2.33. The highest BCUT2D eigenvalue weighted by Crippen LogP contribution is 2.54. The molecule has 1 N–H and O–H groups in total. The van der Waals surface area contributed by atoms with Crippen molar-refractivity contribution in [2.75, 3.05) is 11.9 Å². The number of nitrogens with one attached hydrogen (secondary N) is 1. The van der Waals surface area contributed by atoms with E-state index in [0.717, 1.165) is 22.5 Å². The van der Waals surface area contributed by atoms with Gasteiger partial charge in [-0.15, -0.1) is 0 Å². The summed E-state index contributed by atoms with van der Waals surface area (Å²) in [5.74, 6) is -0.172. The minimum atomic E-state index is -0.832. The second-order valence-electron chi connectivity index (χ2n) is 8.16. The maximum Gasteiger partial charge on any atom is 0.256 e. The van der Waals surface area contributed by atoms with Crippen LogP contribution < -0.4 is 5.32 Å². The van der Waals surface area contributed by atoms with Crippen molar-refractivity contribution in [1.82, 2.24) is 19.7 Å². The number of hydrogen-bond donors (Lipinski definition) is 1. The lowest BCUT2D eigenvalue weighted by molar-refractivity contribution is -0.121. The van der Waals surface area contributed by atoms with Crippen LogP contribution in [0.3, 0.4) is 0 Å². The van der Waals surface area contributed by atoms with Crippen LogP contribution in [0, 0.1) is 13.8 Å². The van der Waals surface area contributed by atoms with Gasteiger partial charge in [-0.25, -0.2) is 0 Å². The Kier molecular flexibility index (Phi) is 4.03. The van der Waals surface area contributed by atoms with Gasteiger partial charge in [-0.3, -0.25) is 19.3 Å². The minimum Gasteiger partial charge on any atom is -0.330 e. The second-order valence-corrected chi connectivity index (χ2v) is 8.16. The average molecular weight is 401 g/mol. The van der Waals surface area contributed by atoms with Gasteiger partial charge in [0.15, 0.2) is 0 Å². The molecule has 2 atom stereocenters. The first-order valence-corrected chi connectivity index (χ1v) is 10.1. The highest BCUT2D eigenvalue weighted by Gasteiger charge is 2.59. The third kappa shape index (κ3) is 2.51. The molecule has 0 unspecified atom stereocenters. The van der Waals surface area contributed by atoms with Crippen LogP contribution in [0.4, 0.5) is 5.69 Å². The van der Waals surface area contributed by atoms with E-state index < -0.39 is 11.5 Å². The Labute approximate surface area is 174 Å². The number of amides is 2. The zero-order chi connectivity index (χ0) is 21.0. The summed E-state index contributed by atoms with van der Waals surface area (Å²) in [7, 11) is 1.84. The Balaban J connectivity index is 1.66. The third-order valence-corrected chi connectivity index (χ3v) is 6.34. The van der Waals surface area contributed by atoms with E-state index >= 15 is 0 Å². The zero-order valence-corrected chi connectivity index (χ0v) is 17.2. The van der Waals surface area contributed by atoms with Gasteiger partial charge in [-0.2, -0.15) is 5.10 Å². The molecule has 0 saturated carbocycles. The summed E-state index contributed by atoms with van der Waals surface area (Å²) in [6, 6.07) is 11.0. The van der Waals surface area contributed by atoms with Crippen LogP contribution in [-0.4, -0.2) is 38.0 Å². The first-order chi connectivity index (χ1) is 14.4. The lowest BCUT2D eigenvalue weighted by Crippen LogP contribution is -2.42. The lowest BCUT2D eigenvalue weighted by atomic mass is 9.73. The van der Waals surface area contributed by atoms with Gasteiger partial charge in [0.1, 0.15) is 5.41 Å². The molecular weight excluding hydrogens is 378 g/mol. The molecule has 2 aliphatic heterocycles. The number of aromatic nitrogens is 3. The molecule has 0 bridgehead atoms. The fraction of sp³-hybridized carbons (Fsp3) is 0.304. The molecule has 3 aromatic rings. The Morgan fingerprint density at radius 1 is 1.20 bits per heavy atom. The average Bonchev–Trinajstić information content (AvgIpc) is 3.39. The van der Waals surface area contributed by atoms with E-state index in [1.807, 2.05) is 68.4 Å². The zero-order valence-electron chi connectivity index (χ0n) is 17.2. The van der Waals surface area contributed by atoms with Crippen molar-refractivity contribution in [2.45, 2.75) is 31.7 Å². The Hall–Kier alpha value is -3.48. The maximum atomic E-state index is 13.7. The van der Waals surface area contributed by atoms with Crippen LogP contribution >= 0.6 is 0 Å². The molecule has 1 saturated heterocycles. The van der Waals surface area contributed by atoms with Gasteiger partial charge in [0, 0.05) is 36.7 Å². The first-order valence-electron chi connectivity index (χ1n) is 10.1. The van der Waals surface area contributed by atoms with Crippen molar-refractivity contribution in [2.24, 2.45) is 7.05 Å². The van der Waals surface area contributed by atoms with E-state index in [0.29, 0.717) is 24.2 Å². The number of carbonyl (C=O) groups excluding carboxylic acids is 2. The first kappa shape index (κ1) is 18.5. The van der Waals surface area contributed by atoms with Crippen molar-refractivity contribution in [3.8, 4) is 0 Å². The van der Waals surface area contributed by atoms with Gasteiger partial charge >= 0.3 is 0 Å². The largest absolute Gasteiger partial charge is 0.330 e. The molecule has 4 heterocycles. The van der Waals surface area contributed by atoms with Gasteiger partial charge < -0.3 is 10.2 Å². The predicted octanol–water partition coefficient (Wildman–Crippen LogP) is 2.91. The van der Waals surface area contributed by atoms with Crippen LogP contribution in [0.15, 0.2) is 48.8 Å². The molecule has 1 aromatic carbocycles. The summed E-state index contributed by atoms with van der Waals surface area (Å²) in [5.41, 5.74) is 3.92. The summed E-state index contributed by atoms with van der Waals surface area (Å²) >= 11 is 0. The summed E-state index contributed by atoms with van der Waals surface area (Å²) in [6.07, 6.45) is 4.21. The molecule has 2 aromatic heterocycles. The van der Waals surface area contributed by atoms with Crippen LogP contribution in [-0.2, 0) is 17.3 Å². The number of fused-ring (bicyclic) bond motifs is 2. The normalized spacial score (nSPS) is 22.4. The highest BCUT2D eigenvalue weighted by molar-refractivity contribution is 6.08. The van der Waals surface area contributed by atoms with Crippen molar-refractivity contribution < 1.29 is 9.59 Å². The van der Waals surface area contributed by atoms with E-state index in [1.165, 1.54) is 0 Å². The van der Waals surface area contributed by atoms with E-state index in [1.54, 1.807) is 10.9 Å². The number of benzene rings is 1. The summed E-state index contributed by atoms with van der Waals surface area (Å²) in [5, 5.41) is 7.37. The van der Waals surface area contributed by atoms with E-state index in [-0.39, 0.29) is 11.8 Å². The summed E-state index contributed by atoms with van der Waals surface area (Å²) in [4.78, 5) is 33.3. The minimum absolute atomic E-state index is 0.0633. The van der Waals surface area contributed by atoms with Crippen LogP contribution in [0.1, 0.15) is 45.3 Å². The van der Waals surface area contributed by atoms with Crippen LogP contribution in [0.25, 0.3) is 0 Å². The monoisotopic (exact) mass is 401 g/mol. The number of carbonyl (C=O) groups is 2. The molecule has 5 rings (SSSR count). The number of likely N-dealkylation sites (tertiary alicyclic amines) is 1. The number of hydrogen-bond acceptors (Lipinski definition) is 4. The van der Waals surface area contributed by atoms with Gasteiger partial charge in [0.2, 0.25) is 5.91 Å². The topological polar surface area (TPSA) is 80.1 Å². The Morgan fingerprint density at radius 2 is 2.00 bits per heavy atom. The van der Waals surface area contributed by atoms with Crippen molar-refractivity contribution in [3.05, 3.63) is 76.9 Å². The number of aryl methyl sites for hydroxylation is 3. The molecule has 7 heteroatoms. The van der Waals surface area contributed by atoms with Gasteiger partial charge in [0.25, 0.3) is 5.91 Å². The molecule has 0 radical (unpaired) electrons. The van der Waals surface area contributed by atoms with Crippen LogP contribution in [0.2, 0.25) is 0 Å². The molecular formula is C23H23N5O2. The number of para-hydroxylation sites is 1. The SMILES string of the molecule is Cc1ccc(C(=O)N2CC[C@]3(C(=O)Nc4ccccc43)[C@@H]2c2cnn(C)c2)c(C)n1. The van der Waals surface area contributed by atoms with Crippen molar-refractivity contribution in [1.29, 1.82) is 0 Å². The van der Waals surface area contributed by atoms with Gasteiger partial charge in [0.05, 0.1) is 23.5 Å². The molecule has 7 nitrogen and oxygen atoms in total. The molecule has 2 aliphatic rings. The Bertz CT molecular complexity index is 1180. The molecule has 2 amide bonds. The fourth-order valence-corrected chi connectivity index (χ4v) is 5.02. The van der Waals surface area contributed by atoms with Crippen molar-refractivity contribution in [3.63, 3.8) is 0 Å². The van der Waals surface area contributed by atoms with Crippen molar-refractivity contribution >= 4 is 17.5 Å². The quantitative estimate of drug-likeness (QED) is 0.716. The molecule has 0 aliphatic carbocycles. The number of anilines is 1. The molecule has 1 spiro atoms. The molecule has 1 fully saturated rings. The molecule has 152 valence electrons. The molecule has 30 heavy (non-hydrogen) atoms. The summed E-state index contributed by atoms with van der Waals surface area (Å²) < 4.78 is 1.71. The van der Waals surface area contributed by atoms with Gasteiger partial charge in [-0.05, 0) is 44.0 Å². The smallest absolute Gasteiger partial charge is 0.256 e. The third-order valence-electron chi connectivity index (χ3n) is 6.34. The van der Waals surface area contributed by atoms with E-state index in [2.05, 4.69) is 15.4 Å². The predicted molar refractivity (Wildman–Crippen MR) is 112 cm³/mol. The number of pyridine rings is 1. The van der Waals surface area contributed by atoms with E-state index in [9.17, 15) is 9.59 Å².